The van der Waals surface area contributed by atoms with Gasteiger partial charge in [0, 0.05) is 10.9 Å². The zero-order chi connectivity index (χ0) is 14.7. The molecule has 112 valence electrons. The largest absolute Gasteiger partial charge is 0.324 e. The maximum atomic E-state index is 6.04. The van der Waals surface area contributed by atoms with E-state index >= 15 is 0 Å². The predicted molar refractivity (Wildman–Crippen MR) is 83.1 cm³/mol. The van der Waals surface area contributed by atoms with Crippen LogP contribution < -0.4 is 5.73 Å². The molecule has 3 rings (SSSR count). The fourth-order valence-corrected chi connectivity index (χ4v) is 3.59. The molecule has 6 heteroatoms. The highest BCUT2D eigenvalue weighted by molar-refractivity contribution is 7.99. The summed E-state index contributed by atoms with van der Waals surface area (Å²) in [5.41, 5.74) is 7.22. The molecule has 1 fully saturated rings. The van der Waals surface area contributed by atoms with Crippen LogP contribution in [0, 0.1) is 0 Å². The third-order valence-electron chi connectivity index (χ3n) is 4.09. The molecule has 0 spiro atoms. The molecule has 1 aromatic heterocycles. The quantitative estimate of drug-likeness (QED) is 0.917. The molecular formula is C15H21N5S. The van der Waals surface area contributed by atoms with E-state index < -0.39 is 0 Å². The van der Waals surface area contributed by atoms with Gasteiger partial charge in [-0.1, -0.05) is 31.9 Å². The molecule has 21 heavy (non-hydrogen) atoms. The van der Waals surface area contributed by atoms with Gasteiger partial charge in [-0.2, -0.15) is 0 Å². The van der Waals surface area contributed by atoms with Gasteiger partial charge in [0.2, 0.25) is 5.16 Å². The minimum atomic E-state index is 0.118. The minimum Gasteiger partial charge on any atom is -0.324 e. The lowest BCUT2D eigenvalue weighted by atomic mass is 10.1. The number of benzene rings is 1. The average Bonchev–Trinajstić information content (AvgIpc) is 3.18. The van der Waals surface area contributed by atoms with Crippen LogP contribution in [0.25, 0.3) is 0 Å². The van der Waals surface area contributed by atoms with Gasteiger partial charge in [-0.25, -0.2) is 4.68 Å². The van der Waals surface area contributed by atoms with E-state index in [9.17, 15) is 0 Å². The fourth-order valence-electron chi connectivity index (χ4n) is 2.75. The zero-order valence-corrected chi connectivity index (χ0v) is 13.1. The summed E-state index contributed by atoms with van der Waals surface area (Å²) in [6.45, 7) is 2.10. The van der Waals surface area contributed by atoms with Gasteiger partial charge in [0.25, 0.3) is 0 Å². The number of hydrogen-bond donors (Lipinski definition) is 1. The molecule has 1 aliphatic carbocycles. The van der Waals surface area contributed by atoms with Crippen molar-refractivity contribution in [3.05, 3.63) is 29.8 Å². The number of hydrogen-bond acceptors (Lipinski definition) is 5. The Hall–Kier alpha value is -1.40. The molecule has 0 aliphatic heterocycles. The molecule has 1 heterocycles. The van der Waals surface area contributed by atoms with Gasteiger partial charge in [-0.3, -0.25) is 0 Å². The maximum Gasteiger partial charge on any atom is 0.214 e. The third-order valence-corrected chi connectivity index (χ3v) is 5.05. The molecular weight excluding hydrogens is 282 g/mol. The summed E-state index contributed by atoms with van der Waals surface area (Å²) in [7, 11) is 0. The van der Waals surface area contributed by atoms with Crippen LogP contribution in [0.4, 0.5) is 0 Å². The number of tetrazole rings is 1. The SMILES string of the molecule is CC[C@H](N)c1ccc(Sc2nnnn2C2CCCC2)cc1. The van der Waals surface area contributed by atoms with Gasteiger partial charge in [0.05, 0.1) is 6.04 Å². The van der Waals surface area contributed by atoms with Gasteiger partial charge in [0.15, 0.2) is 0 Å². The van der Waals surface area contributed by atoms with E-state index in [0.717, 1.165) is 16.5 Å². The Kier molecular flexibility index (Phi) is 4.55. The molecule has 1 atom stereocenters. The van der Waals surface area contributed by atoms with Crippen LogP contribution in [0.5, 0.6) is 0 Å². The minimum absolute atomic E-state index is 0.118. The van der Waals surface area contributed by atoms with Crippen LogP contribution in [0.15, 0.2) is 34.3 Å². The summed E-state index contributed by atoms with van der Waals surface area (Å²) in [4.78, 5) is 1.15. The normalized spacial score (nSPS) is 17.2. The van der Waals surface area contributed by atoms with E-state index in [4.69, 9.17) is 5.73 Å². The van der Waals surface area contributed by atoms with Gasteiger partial charge in [0.1, 0.15) is 0 Å². The molecule has 5 nitrogen and oxygen atoms in total. The van der Waals surface area contributed by atoms with Gasteiger partial charge in [-0.15, -0.1) is 5.10 Å². The lowest BCUT2D eigenvalue weighted by Gasteiger charge is -2.12. The molecule has 0 radical (unpaired) electrons. The molecule has 1 aromatic carbocycles. The molecule has 0 amide bonds. The first-order valence-electron chi connectivity index (χ1n) is 7.59. The summed E-state index contributed by atoms with van der Waals surface area (Å²) in [6.07, 6.45) is 5.87. The summed E-state index contributed by atoms with van der Waals surface area (Å²) in [6, 6.07) is 8.98. The Morgan fingerprint density at radius 1 is 1.29 bits per heavy atom. The van der Waals surface area contributed by atoms with E-state index in [1.165, 1.54) is 31.2 Å². The van der Waals surface area contributed by atoms with Crippen molar-refractivity contribution >= 4 is 11.8 Å². The van der Waals surface area contributed by atoms with Crippen molar-refractivity contribution in [2.75, 3.05) is 0 Å². The van der Waals surface area contributed by atoms with Crippen molar-refractivity contribution in [2.24, 2.45) is 5.73 Å². The molecule has 0 unspecified atom stereocenters. The highest BCUT2D eigenvalue weighted by atomic mass is 32.2. The summed E-state index contributed by atoms with van der Waals surface area (Å²) < 4.78 is 1.99. The highest BCUT2D eigenvalue weighted by Gasteiger charge is 2.21. The molecule has 1 aliphatic rings. The van der Waals surface area contributed by atoms with E-state index in [1.54, 1.807) is 11.8 Å². The van der Waals surface area contributed by atoms with Crippen LogP contribution in [-0.4, -0.2) is 20.2 Å². The topological polar surface area (TPSA) is 69.6 Å². The zero-order valence-electron chi connectivity index (χ0n) is 12.3. The van der Waals surface area contributed by atoms with E-state index in [1.807, 2.05) is 4.68 Å². The second-order valence-electron chi connectivity index (χ2n) is 5.53. The second kappa shape index (κ2) is 6.58. The lowest BCUT2D eigenvalue weighted by molar-refractivity contribution is 0.423. The van der Waals surface area contributed by atoms with E-state index in [0.29, 0.717) is 6.04 Å². The Morgan fingerprint density at radius 3 is 2.67 bits per heavy atom. The van der Waals surface area contributed by atoms with Crippen molar-refractivity contribution in [2.45, 2.75) is 61.2 Å². The highest BCUT2D eigenvalue weighted by Crippen LogP contribution is 2.34. The fraction of sp³-hybridized carbons (Fsp3) is 0.533. The molecule has 2 aromatic rings. The van der Waals surface area contributed by atoms with Crippen molar-refractivity contribution < 1.29 is 0 Å². The van der Waals surface area contributed by atoms with Crippen LogP contribution in [0.2, 0.25) is 0 Å². The van der Waals surface area contributed by atoms with E-state index in [-0.39, 0.29) is 6.04 Å². The van der Waals surface area contributed by atoms with Crippen LogP contribution in [0.3, 0.4) is 0 Å². The third kappa shape index (κ3) is 3.27. The monoisotopic (exact) mass is 303 g/mol. The molecule has 1 saturated carbocycles. The van der Waals surface area contributed by atoms with Crippen molar-refractivity contribution in [3.63, 3.8) is 0 Å². The summed E-state index contributed by atoms with van der Waals surface area (Å²) >= 11 is 1.62. The molecule has 0 saturated heterocycles. The average molecular weight is 303 g/mol. The lowest BCUT2D eigenvalue weighted by Crippen LogP contribution is -2.08. The van der Waals surface area contributed by atoms with Crippen molar-refractivity contribution in [1.29, 1.82) is 0 Å². The van der Waals surface area contributed by atoms with Gasteiger partial charge < -0.3 is 5.73 Å². The first-order chi connectivity index (χ1) is 10.3. The first kappa shape index (κ1) is 14.5. The second-order valence-corrected chi connectivity index (χ2v) is 6.57. The van der Waals surface area contributed by atoms with Crippen molar-refractivity contribution in [3.8, 4) is 0 Å². The standard InChI is InChI=1S/C15H21N5S/c1-2-14(16)11-7-9-13(10-8-11)21-15-17-18-19-20(15)12-5-3-4-6-12/h7-10,12,14H,2-6,16H2,1H3/t14-/m0/s1. The number of nitrogens with zero attached hydrogens (tertiary/aromatic N) is 4. The van der Waals surface area contributed by atoms with Crippen molar-refractivity contribution in [1.82, 2.24) is 20.2 Å². The predicted octanol–water partition coefficient (Wildman–Crippen LogP) is 3.35. The Balaban J connectivity index is 1.73. The number of nitrogens with two attached hydrogens (primary N) is 1. The molecule has 0 bridgehead atoms. The summed E-state index contributed by atoms with van der Waals surface area (Å²) in [5, 5.41) is 13.1. The van der Waals surface area contributed by atoms with Crippen LogP contribution in [-0.2, 0) is 0 Å². The maximum absolute atomic E-state index is 6.04. The Bertz CT molecular complexity index is 574. The van der Waals surface area contributed by atoms with E-state index in [2.05, 4.69) is 46.7 Å². The Labute approximate surface area is 129 Å². The summed E-state index contributed by atoms with van der Waals surface area (Å²) in [5.74, 6) is 0. The van der Waals surface area contributed by atoms with Crippen LogP contribution in [0.1, 0.15) is 56.7 Å². The van der Waals surface area contributed by atoms with Gasteiger partial charge in [-0.05, 0) is 59.1 Å². The number of rotatable bonds is 5. The number of aromatic nitrogens is 4. The first-order valence-corrected chi connectivity index (χ1v) is 8.41. The smallest absolute Gasteiger partial charge is 0.214 e. The van der Waals surface area contributed by atoms with Gasteiger partial charge >= 0.3 is 0 Å². The van der Waals surface area contributed by atoms with Crippen LogP contribution >= 0.6 is 11.8 Å². The molecule has 2 N–H and O–H groups in total. The Morgan fingerprint density at radius 2 is 2.00 bits per heavy atom.